The molecule has 2 atom stereocenters. The SMILES string of the molecule is COC(=O)[C@@]1(NC(C)=O)CC=CC2(C=CC[C@](NC(C)=O)(C(=O)OC)CC2)CC1. The minimum Gasteiger partial charge on any atom is -0.467 e. The highest BCUT2D eigenvalue weighted by molar-refractivity contribution is 5.88. The number of carbonyl (C=O) groups is 4. The number of hydrogen-bond acceptors (Lipinski definition) is 6. The van der Waals surface area contributed by atoms with Crippen LogP contribution in [0.25, 0.3) is 0 Å². The van der Waals surface area contributed by atoms with Crippen LogP contribution in [0.5, 0.6) is 0 Å². The van der Waals surface area contributed by atoms with E-state index >= 15 is 0 Å². The lowest BCUT2D eigenvalue weighted by molar-refractivity contribution is -0.151. The van der Waals surface area contributed by atoms with Gasteiger partial charge in [-0.25, -0.2) is 9.59 Å². The van der Waals surface area contributed by atoms with Gasteiger partial charge in [0.2, 0.25) is 11.8 Å². The van der Waals surface area contributed by atoms with Gasteiger partial charge in [0, 0.05) is 19.3 Å². The third-order valence-corrected chi connectivity index (χ3v) is 5.85. The molecule has 0 saturated heterocycles. The summed E-state index contributed by atoms with van der Waals surface area (Å²) in [6.45, 7) is 2.75. The molecule has 0 heterocycles. The third kappa shape index (κ3) is 4.86. The fourth-order valence-electron chi connectivity index (χ4n) is 4.36. The van der Waals surface area contributed by atoms with Gasteiger partial charge in [-0.1, -0.05) is 24.3 Å². The standard InChI is InChI=1S/C21H30N2O6/c1-15(24)22-20(17(26)28-3)9-5-7-19(11-13-20)8-6-10-21(14-12-19,18(27)29-4)23-16(2)25/h5-8H,9-14H2,1-4H3,(H,22,24)(H,23,25)/t19?,20-,21-/m1/s1. The summed E-state index contributed by atoms with van der Waals surface area (Å²) in [7, 11) is 2.61. The molecule has 0 radical (unpaired) electrons. The average molecular weight is 406 g/mol. The highest BCUT2D eigenvalue weighted by Crippen LogP contribution is 2.43. The topological polar surface area (TPSA) is 111 Å². The molecule has 0 aromatic carbocycles. The van der Waals surface area contributed by atoms with Crippen LogP contribution in [0.2, 0.25) is 0 Å². The van der Waals surface area contributed by atoms with Crippen LogP contribution < -0.4 is 10.6 Å². The molecule has 0 saturated carbocycles. The van der Waals surface area contributed by atoms with E-state index in [0.717, 1.165) is 0 Å². The maximum absolute atomic E-state index is 12.5. The normalized spacial score (nSPS) is 28.0. The van der Waals surface area contributed by atoms with Gasteiger partial charge in [-0.2, -0.15) is 0 Å². The maximum Gasteiger partial charge on any atom is 0.331 e. The van der Waals surface area contributed by atoms with E-state index in [1.165, 1.54) is 28.1 Å². The van der Waals surface area contributed by atoms with Crippen molar-refractivity contribution >= 4 is 23.8 Å². The van der Waals surface area contributed by atoms with Crippen LogP contribution in [0.1, 0.15) is 52.4 Å². The van der Waals surface area contributed by atoms with Gasteiger partial charge in [-0.3, -0.25) is 9.59 Å². The van der Waals surface area contributed by atoms with Crippen LogP contribution in [0, 0.1) is 5.41 Å². The van der Waals surface area contributed by atoms with Crippen molar-refractivity contribution in [3.63, 3.8) is 0 Å². The summed E-state index contributed by atoms with van der Waals surface area (Å²) in [5.74, 6) is -1.55. The predicted molar refractivity (Wildman–Crippen MR) is 106 cm³/mol. The van der Waals surface area contributed by atoms with E-state index in [1.807, 2.05) is 24.3 Å². The molecule has 1 spiro atoms. The van der Waals surface area contributed by atoms with Crippen molar-refractivity contribution in [2.75, 3.05) is 14.2 Å². The molecule has 8 heteroatoms. The molecule has 2 aliphatic carbocycles. The van der Waals surface area contributed by atoms with Crippen LogP contribution in [0.3, 0.4) is 0 Å². The summed E-state index contributed by atoms with van der Waals surface area (Å²) < 4.78 is 9.92. The second-order valence-electron chi connectivity index (χ2n) is 7.96. The van der Waals surface area contributed by atoms with E-state index in [2.05, 4.69) is 10.6 Å². The number of methoxy groups -OCH3 is 2. The van der Waals surface area contributed by atoms with Crippen LogP contribution >= 0.6 is 0 Å². The molecule has 160 valence electrons. The Balaban J connectivity index is 2.28. The van der Waals surface area contributed by atoms with E-state index in [4.69, 9.17) is 9.47 Å². The van der Waals surface area contributed by atoms with Crippen molar-refractivity contribution in [1.82, 2.24) is 10.6 Å². The molecular weight excluding hydrogens is 376 g/mol. The molecule has 0 unspecified atom stereocenters. The molecule has 0 fully saturated rings. The number of nitrogens with one attached hydrogen (secondary N) is 2. The second kappa shape index (κ2) is 8.80. The lowest BCUT2D eigenvalue weighted by atomic mass is 9.76. The maximum atomic E-state index is 12.5. The molecular formula is C21H30N2O6. The zero-order valence-electron chi connectivity index (χ0n) is 17.5. The summed E-state index contributed by atoms with van der Waals surface area (Å²) in [6.07, 6.45) is 10.4. The summed E-state index contributed by atoms with van der Waals surface area (Å²) >= 11 is 0. The average Bonchev–Trinajstić information content (AvgIpc) is 2.96. The van der Waals surface area contributed by atoms with Crippen molar-refractivity contribution < 1.29 is 28.7 Å². The minimum absolute atomic E-state index is 0.300. The number of carbonyl (C=O) groups excluding carboxylic acids is 4. The molecule has 2 aliphatic rings. The number of hydrogen-bond donors (Lipinski definition) is 2. The van der Waals surface area contributed by atoms with Crippen LogP contribution in [-0.4, -0.2) is 49.1 Å². The molecule has 2 amide bonds. The summed E-state index contributed by atoms with van der Waals surface area (Å²) in [6, 6.07) is 0. The van der Waals surface area contributed by atoms with E-state index in [-0.39, 0.29) is 11.8 Å². The smallest absolute Gasteiger partial charge is 0.331 e. The molecule has 2 rings (SSSR count). The zero-order chi connectivity index (χ0) is 21.7. The van der Waals surface area contributed by atoms with Crippen LogP contribution in [-0.2, 0) is 28.7 Å². The molecule has 0 aromatic heterocycles. The van der Waals surface area contributed by atoms with Gasteiger partial charge >= 0.3 is 11.9 Å². The zero-order valence-corrected chi connectivity index (χ0v) is 17.5. The molecule has 0 aromatic rings. The lowest BCUT2D eigenvalue weighted by Crippen LogP contribution is -2.54. The van der Waals surface area contributed by atoms with Crippen molar-refractivity contribution in [1.29, 1.82) is 0 Å². The first-order chi connectivity index (χ1) is 13.6. The predicted octanol–water partition coefficient (Wildman–Crippen LogP) is 1.55. The van der Waals surface area contributed by atoms with E-state index in [9.17, 15) is 19.2 Å². The number of allylic oxidation sites excluding steroid dienone is 2. The van der Waals surface area contributed by atoms with Crippen molar-refractivity contribution in [2.24, 2.45) is 5.41 Å². The van der Waals surface area contributed by atoms with Gasteiger partial charge in [-0.15, -0.1) is 0 Å². The Hall–Kier alpha value is -2.64. The van der Waals surface area contributed by atoms with Crippen LogP contribution in [0.15, 0.2) is 24.3 Å². The quantitative estimate of drug-likeness (QED) is 0.541. The molecule has 0 aliphatic heterocycles. The summed E-state index contributed by atoms with van der Waals surface area (Å²) in [5, 5.41) is 5.55. The highest BCUT2D eigenvalue weighted by Gasteiger charge is 2.47. The van der Waals surface area contributed by atoms with E-state index in [0.29, 0.717) is 38.5 Å². The lowest BCUT2D eigenvalue weighted by Gasteiger charge is -2.34. The monoisotopic (exact) mass is 406 g/mol. The highest BCUT2D eigenvalue weighted by atomic mass is 16.5. The molecule has 2 N–H and O–H groups in total. The first-order valence-electron chi connectivity index (χ1n) is 9.72. The van der Waals surface area contributed by atoms with Gasteiger partial charge < -0.3 is 20.1 Å². The fraction of sp³-hybridized carbons (Fsp3) is 0.619. The summed E-state index contributed by atoms with van der Waals surface area (Å²) in [4.78, 5) is 48.4. The van der Waals surface area contributed by atoms with Gasteiger partial charge in [0.1, 0.15) is 11.1 Å². The first-order valence-corrected chi connectivity index (χ1v) is 9.72. The Labute approximate surface area is 171 Å². The number of ether oxygens (including phenoxy) is 2. The summed E-state index contributed by atoms with van der Waals surface area (Å²) in [5.41, 5.74) is -2.63. The molecule has 0 bridgehead atoms. The second-order valence-corrected chi connectivity index (χ2v) is 7.96. The Morgan fingerprint density at radius 1 is 0.724 bits per heavy atom. The van der Waals surface area contributed by atoms with E-state index < -0.39 is 28.4 Å². The number of rotatable bonds is 4. The van der Waals surface area contributed by atoms with E-state index in [1.54, 1.807) is 0 Å². The van der Waals surface area contributed by atoms with Crippen molar-refractivity contribution in [3.05, 3.63) is 24.3 Å². The molecule has 29 heavy (non-hydrogen) atoms. The van der Waals surface area contributed by atoms with Crippen molar-refractivity contribution in [3.8, 4) is 0 Å². The number of esters is 2. The third-order valence-electron chi connectivity index (χ3n) is 5.85. The fourth-order valence-corrected chi connectivity index (χ4v) is 4.36. The van der Waals surface area contributed by atoms with Gasteiger partial charge in [0.25, 0.3) is 0 Å². The number of amides is 2. The Morgan fingerprint density at radius 3 is 1.41 bits per heavy atom. The first kappa shape index (κ1) is 22.6. The van der Waals surface area contributed by atoms with Gasteiger partial charge in [-0.05, 0) is 38.5 Å². The van der Waals surface area contributed by atoms with Crippen LogP contribution in [0.4, 0.5) is 0 Å². The van der Waals surface area contributed by atoms with Crippen molar-refractivity contribution in [2.45, 2.75) is 63.5 Å². The molecule has 8 nitrogen and oxygen atoms in total. The van der Waals surface area contributed by atoms with Gasteiger partial charge in [0.15, 0.2) is 0 Å². The largest absolute Gasteiger partial charge is 0.467 e. The Morgan fingerprint density at radius 2 is 1.10 bits per heavy atom. The Kier molecular flexibility index (Phi) is 6.87. The Bertz CT molecular complexity index is 681. The van der Waals surface area contributed by atoms with Gasteiger partial charge in [0.05, 0.1) is 14.2 Å². The minimum atomic E-state index is -1.11.